The predicted molar refractivity (Wildman–Crippen MR) is 25.2 cm³/mol. The number of rotatable bonds is 0. The van der Waals surface area contributed by atoms with E-state index in [1.165, 1.54) is 0 Å². The normalized spacial score (nSPS) is 10.0. The van der Waals surface area contributed by atoms with Crippen molar-refractivity contribution in [2.45, 2.75) is 26.4 Å². The van der Waals surface area contributed by atoms with Gasteiger partial charge in [0.25, 0.3) is 0 Å². The zero-order valence-corrected chi connectivity index (χ0v) is 8.07. The van der Waals surface area contributed by atoms with E-state index < -0.39 is 5.60 Å². The molecule has 0 aromatic heterocycles. The number of hydrogen-bond acceptors (Lipinski definition) is 1. The van der Waals surface area contributed by atoms with E-state index in [0.29, 0.717) is 0 Å². The number of hydrogen-bond donors (Lipinski definition) is 1. The van der Waals surface area contributed by atoms with Gasteiger partial charge in [-0.1, -0.05) is 0 Å². The van der Waals surface area contributed by atoms with E-state index in [-0.39, 0.29) is 54.2 Å². The maximum Gasteiger partial charge on any atom is 1.00 e. The molecule has 0 unspecified atom stereocenters. The summed E-state index contributed by atoms with van der Waals surface area (Å²) in [5.41, 5.74) is -0.500. The molecule has 0 aliphatic rings. The minimum absolute atomic E-state index is 0. The fraction of sp³-hybridized carbons (Fsp3) is 1.00. The van der Waals surface area contributed by atoms with Crippen LogP contribution in [-0.4, -0.2) is 10.7 Å². The van der Waals surface area contributed by atoms with Gasteiger partial charge in [-0.25, -0.2) is 0 Å². The minimum atomic E-state index is -0.500. The van der Waals surface area contributed by atoms with E-state index in [2.05, 4.69) is 0 Å². The largest absolute Gasteiger partial charge is 1.00 e. The summed E-state index contributed by atoms with van der Waals surface area (Å²) in [6.07, 6.45) is 0. The van der Waals surface area contributed by atoms with Crippen molar-refractivity contribution >= 4 is 0 Å². The van der Waals surface area contributed by atoms with E-state index in [0.717, 1.165) is 0 Å². The summed E-state index contributed by atoms with van der Waals surface area (Å²) in [6.45, 7) is 5.23. The second kappa shape index (κ2) is 3.58. The molecule has 1 nitrogen and oxygen atoms in total. The van der Waals surface area contributed by atoms with Crippen LogP contribution in [0.3, 0.4) is 0 Å². The Morgan fingerprint density at radius 1 is 1.50 bits per heavy atom. The Balaban J connectivity index is -0.0000000267. The molecule has 0 spiro atoms. The molecule has 0 amide bonds. The van der Waals surface area contributed by atoms with Crippen LogP contribution in [0.25, 0.3) is 0 Å². The zero-order chi connectivity index (χ0) is 4.50. The third-order valence-corrected chi connectivity index (χ3v) is 0. The Bertz CT molecular complexity index is 29.5. The molecule has 0 aromatic carbocycles. The Kier molecular flexibility index (Phi) is 6.30. The molecule has 1 N–H and O–H groups in total. The van der Waals surface area contributed by atoms with Crippen LogP contribution in [0, 0.1) is 0 Å². The van der Waals surface area contributed by atoms with E-state index in [4.69, 9.17) is 5.11 Å². The van der Waals surface area contributed by atoms with Crippen LogP contribution in [-0.2, 0) is 0 Å². The van der Waals surface area contributed by atoms with E-state index in [9.17, 15) is 0 Å². The molecule has 36 valence electrons. The van der Waals surface area contributed by atoms with Crippen molar-refractivity contribution in [2.75, 3.05) is 0 Å². The van der Waals surface area contributed by atoms with Gasteiger partial charge in [0.05, 0.1) is 5.60 Å². The Morgan fingerprint density at radius 2 is 1.50 bits per heavy atom. The molecule has 0 bridgehead atoms. The molecule has 0 radical (unpaired) electrons. The summed E-state index contributed by atoms with van der Waals surface area (Å²) in [6, 6.07) is 0. The Morgan fingerprint density at radius 3 is 1.50 bits per heavy atom. The van der Waals surface area contributed by atoms with Crippen LogP contribution in [0.2, 0.25) is 0 Å². The summed E-state index contributed by atoms with van der Waals surface area (Å²) < 4.78 is 0. The second-order valence-electron chi connectivity index (χ2n) is 2.17. The molecule has 6 heavy (non-hydrogen) atoms. The van der Waals surface area contributed by atoms with Crippen molar-refractivity contribution in [3.8, 4) is 0 Å². The summed E-state index contributed by atoms with van der Waals surface area (Å²) in [4.78, 5) is 0. The average molecular weight is 116 g/mol. The van der Waals surface area contributed by atoms with Crippen LogP contribution < -0.4 is 51.4 Å². The maximum atomic E-state index is 8.52. The molecule has 0 saturated carbocycles. The molecule has 0 heterocycles. The van der Waals surface area contributed by atoms with Gasteiger partial charge in [-0.05, 0) is 20.8 Å². The quantitative estimate of drug-likeness (QED) is 0.368. The molecular formula is C4H13KO. The van der Waals surface area contributed by atoms with Gasteiger partial charge in [0, 0.05) is 1.43 Å². The van der Waals surface area contributed by atoms with Crippen molar-refractivity contribution in [1.29, 1.82) is 0 Å². The molecule has 0 aliphatic carbocycles. The van der Waals surface area contributed by atoms with Crippen molar-refractivity contribution < 1.29 is 59.3 Å². The van der Waals surface area contributed by atoms with Crippen LogP contribution in [0.15, 0.2) is 0 Å². The minimum Gasteiger partial charge on any atom is -1.00 e. The topological polar surface area (TPSA) is 20.2 Å². The van der Waals surface area contributed by atoms with E-state index >= 15 is 0 Å². The van der Waals surface area contributed by atoms with Crippen molar-refractivity contribution in [3.05, 3.63) is 0 Å². The fourth-order valence-corrected chi connectivity index (χ4v) is 0. The van der Waals surface area contributed by atoms with Gasteiger partial charge in [-0.15, -0.1) is 0 Å². The first-order valence-corrected chi connectivity index (χ1v) is 1.72. The second-order valence-corrected chi connectivity index (χ2v) is 2.17. The van der Waals surface area contributed by atoms with Crippen molar-refractivity contribution in [3.63, 3.8) is 0 Å². The molecule has 0 atom stereocenters. The Labute approximate surface area is 84.5 Å². The van der Waals surface area contributed by atoms with Crippen molar-refractivity contribution in [1.82, 2.24) is 0 Å². The first kappa shape index (κ1) is 10.6. The van der Waals surface area contributed by atoms with Crippen LogP contribution in [0.5, 0.6) is 0 Å². The van der Waals surface area contributed by atoms with Crippen LogP contribution >= 0.6 is 0 Å². The average Bonchev–Trinajstić information content (AvgIpc) is 0.722. The fourth-order valence-electron chi connectivity index (χ4n) is 0. The van der Waals surface area contributed by atoms with E-state index in [1.807, 2.05) is 0 Å². The molecule has 2 heteroatoms. The van der Waals surface area contributed by atoms with E-state index in [1.54, 1.807) is 20.8 Å². The van der Waals surface area contributed by atoms with Gasteiger partial charge in [0.1, 0.15) is 0 Å². The molecule has 0 fully saturated rings. The van der Waals surface area contributed by atoms with Gasteiger partial charge >= 0.3 is 51.4 Å². The van der Waals surface area contributed by atoms with Gasteiger partial charge in [-0.3, -0.25) is 0 Å². The number of aliphatic hydroxyl groups is 1. The predicted octanol–water partition coefficient (Wildman–Crippen LogP) is -1.86. The molecule has 0 aliphatic heterocycles. The Hall–Kier alpha value is 1.60. The summed E-state index contributed by atoms with van der Waals surface area (Å²) in [5, 5.41) is 8.52. The van der Waals surface area contributed by atoms with Gasteiger partial charge in [0.15, 0.2) is 0 Å². The summed E-state index contributed by atoms with van der Waals surface area (Å²) >= 11 is 0. The molecule has 0 rings (SSSR count). The molecular weight excluding hydrogens is 103 g/mol. The molecule has 0 aromatic rings. The monoisotopic (exact) mass is 116 g/mol. The summed E-state index contributed by atoms with van der Waals surface area (Å²) in [7, 11) is 0. The SMILES string of the molecule is CC(C)(C)O.[H-].[HH].[K+]. The van der Waals surface area contributed by atoms with Gasteiger partial charge in [0.2, 0.25) is 0 Å². The van der Waals surface area contributed by atoms with Gasteiger partial charge < -0.3 is 6.53 Å². The van der Waals surface area contributed by atoms with Crippen LogP contribution in [0.4, 0.5) is 0 Å². The van der Waals surface area contributed by atoms with Crippen LogP contribution in [0.1, 0.15) is 23.6 Å². The third-order valence-electron chi connectivity index (χ3n) is 0. The standard InChI is InChI=1S/C4H10O.K.H2.H/c1-4(2,3)5;;;/h5H,1-3H3;;1H;/q;+1;;-1. The smallest absolute Gasteiger partial charge is 1.00 e. The summed E-state index contributed by atoms with van der Waals surface area (Å²) in [5.74, 6) is 0. The van der Waals surface area contributed by atoms with Crippen molar-refractivity contribution in [2.24, 2.45) is 0 Å². The third kappa shape index (κ3) is 46.4. The first-order chi connectivity index (χ1) is 2.00. The zero-order valence-electron chi connectivity index (χ0n) is 5.95. The maximum absolute atomic E-state index is 8.52. The first-order valence-electron chi connectivity index (χ1n) is 1.72. The molecule has 0 saturated heterocycles. The van der Waals surface area contributed by atoms with Gasteiger partial charge in [-0.2, -0.15) is 0 Å².